The van der Waals surface area contributed by atoms with E-state index in [1.165, 1.54) is 23.1 Å². The number of carbonyl (C=O) groups excluding carboxylic acids is 1. The van der Waals surface area contributed by atoms with Crippen molar-refractivity contribution >= 4 is 11.6 Å². The van der Waals surface area contributed by atoms with Crippen LogP contribution in [-0.4, -0.2) is 35.2 Å². The molecule has 4 aromatic rings. The zero-order valence-electron chi connectivity index (χ0n) is 16.7. The minimum atomic E-state index is -0.300. The first-order chi connectivity index (χ1) is 15.2. The molecule has 0 unspecified atom stereocenters. The summed E-state index contributed by atoms with van der Waals surface area (Å²) in [5, 5.41) is 6.93. The summed E-state index contributed by atoms with van der Waals surface area (Å²) in [7, 11) is 0. The first-order valence-corrected chi connectivity index (χ1v) is 10.2. The minimum absolute atomic E-state index is 0.283. The second-order valence-electron chi connectivity index (χ2n) is 7.40. The van der Waals surface area contributed by atoms with Crippen LogP contribution in [0.25, 0.3) is 17.2 Å². The van der Waals surface area contributed by atoms with Crippen molar-refractivity contribution in [1.29, 1.82) is 0 Å². The molecule has 1 amide bonds. The van der Waals surface area contributed by atoms with Gasteiger partial charge in [0.25, 0.3) is 5.91 Å². The summed E-state index contributed by atoms with van der Waals surface area (Å²) in [5.41, 5.74) is 2.68. The molecule has 156 valence electrons. The highest BCUT2D eigenvalue weighted by Crippen LogP contribution is 2.28. The fourth-order valence-electron chi connectivity index (χ4n) is 3.83. The zero-order valence-corrected chi connectivity index (χ0v) is 16.7. The lowest BCUT2D eigenvalue weighted by Crippen LogP contribution is -2.15. The summed E-state index contributed by atoms with van der Waals surface area (Å²) in [4.78, 5) is 26.0. The van der Waals surface area contributed by atoms with Gasteiger partial charge < -0.3 is 9.88 Å². The monoisotopic (exact) mass is 417 g/mol. The fraction of sp³-hybridized carbons (Fsp3) is 0.227. The second-order valence-corrected chi connectivity index (χ2v) is 7.40. The first-order valence-electron chi connectivity index (χ1n) is 10.2. The molecule has 0 bridgehead atoms. The summed E-state index contributed by atoms with van der Waals surface area (Å²) >= 11 is 0. The zero-order chi connectivity index (χ0) is 21.2. The van der Waals surface area contributed by atoms with Gasteiger partial charge in [0.2, 0.25) is 0 Å². The second kappa shape index (κ2) is 8.10. The smallest absolute Gasteiger partial charge is 0.276 e. The van der Waals surface area contributed by atoms with Crippen molar-refractivity contribution in [2.45, 2.75) is 32.2 Å². The van der Waals surface area contributed by atoms with Crippen LogP contribution in [0.1, 0.15) is 35.4 Å². The molecule has 4 heterocycles. The van der Waals surface area contributed by atoms with E-state index >= 15 is 0 Å². The van der Waals surface area contributed by atoms with Gasteiger partial charge >= 0.3 is 0 Å². The third-order valence-electron chi connectivity index (χ3n) is 5.34. The lowest BCUT2D eigenvalue weighted by Gasteiger charge is -2.09. The summed E-state index contributed by atoms with van der Waals surface area (Å²) in [5.74, 6) is 0.715. The van der Waals surface area contributed by atoms with Crippen molar-refractivity contribution in [3.05, 3.63) is 72.5 Å². The Bertz CT molecular complexity index is 1200. The quantitative estimate of drug-likeness (QED) is 0.547. The van der Waals surface area contributed by atoms with Crippen LogP contribution < -0.4 is 5.32 Å². The molecule has 0 aliphatic carbocycles. The molecule has 5 rings (SSSR count). The van der Waals surface area contributed by atoms with Crippen LogP contribution >= 0.6 is 0 Å². The van der Waals surface area contributed by atoms with Crippen molar-refractivity contribution in [2.24, 2.45) is 0 Å². The van der Waals surface area contributed by atoms with Crippen molar-refractivity contribution in [2.75, 3.05) is 5.32 Å². The third-order valence-corrected chi connectivity index (χ3v) is 5.34. The summed E-state index contributed by atoms with van der Waals surface area (Å²) in [6.45, 7) is 0.788. The van der Waals surface area contributed by atoms with E-state index in [9.17, 15) is 9.18 Å². The topological polar surface area (TPSA) is 90.5 Å². The Labute approximate surface area is 177 Å². The molecule has 8 nitrogen and oxygen atoms in total. The van der Waals surface area contributed by atoms with Crippen LogP contribution in [0, 0.1) is 5.82 Å². The number of amides is 1. The molecule has 31 heavy (non-hydrogen) atoms. The van der Waals surface area contributed by atoms with Gasteiger partial charge in [0, 0.05) is 12.1 Å². The molecule has 3 aromatic heterocycles. The summed E-state index contributed by atoms with van der Waals surface area (Å²) < 4.78 is 17.0. The molecular weight excluding hydrogens is 397 g/mol. The number of pyridine rings is 1. The SMILES string of the molecule is O=C(Nc1ccc(-n2cncn2)nc1)c1nc(-c2ccc(F)cc2)n2c1CCCCC2. The Morgan fingerprint density at radius 3 is 2.68 bits per heavy atom. The fourth-order valence-corrected chi connectivity index (χ4v) is 3.83. The van der Waals surface area contributed by atoms with E-state index in [-0.39, 0.29) is 11.7 Å². The molecule has 0 saturated carbocycles. The Morgan fingerprint density at radius 1 is 1.06 bits per heavy atom. The number of hydrogen-bond acceptors (Lipinski definition) is 5. The van der Waals surface area contributed by atoms with E-state index in [4.69, 9.17) is 0 Å². The normalized spacial score (nSPS) is 13.5. The molecule has 1 aliphatic heterocycles. The average Bonchev–Trinajstić information content (AvgIpc) is 3.38. The van der Waals surface area contributed by atoms with E-state index in [0.29, 0.717) is 23.0 Å². The number of imidazole rings is 1. The van der Waals surface area contributed by atoms with Crippen molar-refractivity contribution in [3.63, 3.8) is 0 Å². The molecule has 0 atom stereocenters. The van der Waals surface area contributed by atoms with E-state index in [2.05, 4.69) is 29.9 Å². The van der Waals surface area contributed by atoms with E-state index in [1.807, 2.05) is 0 Å². The molecule has 9 heteroatoms. The molecular formula is C22H20FN7O. The van der Waals surface area contributed by atoms with Gasteiger partial charge in [-0.15, -0.1) is 0 Å². The number of fused-ring (bicyclic) bond motifs is 1. The highest BCUT2D eigenvalue weighted by Gasteiger charge is 2.24. The van der Waals surface area contributed by atoms with E-state index < -0.39 is 0 Å². The van der Waals surface area contributed by atoms with Crippen LogP contribution in [0.4, 0.5) is 10.1 Å². The molecule has 0 fully saturated rings. The highest BCUT2D eigenvalue weighted by atomic mass is 19.1. The number of nitrogens with zero attached hydrogens (tertiary/aromatic N) is 6. The van der Waals surface area contributed by atoms with Crippen molar-refractivity contribution in [1.82, 2.24) is 29.3 Å². The largest absolute Gasteiger partial charge is 0.327 e. The predicted octanol–water partition coefficient (Wildman–Crippen LogP) is 3.64. The number of carbonyl (C=O) groups is 1. The first kappa shape index (κ1) is 19.1. The average molecular weight is 417 g/mol. The van der Waals surface area contributed by atoms with Gasteiger partial charge in [-0.3, -0.25) is 4.79 Å². The predicted molar refractivity (Wildman–Crippen MR) is 112 cm³/mol. The minimum Gasteiger partial charge on any atom is -0.327 e. The maximum absolute atomic E-state index is 13.4. The number of nitrogens with one attached hydrogen (secondary N) is 1. The maximum Gasteiger partial charge on any atom is 0.276 e. The van der Waals surface area contributed by atoms with Crippen LogP contribution in [0.3, 0.4) is 0 Å². The number of hydrogen-bond donors (Lipinski definition) is 1. The number of halogens is 1. The lowest BCUT2D eigenvalue weighted by atomic mass is 10.1. The lowest BCUT2D eigenvalue weighted by molar-refractivity contribution is 0.102. The van der Waals surface area contributed by atoms with Gasteiger partial charge in [-0.2, -0.15) is 5.10 Å². The Kier molecular flexibility index (Phi) is 4.99. The molecule has 1 N–H and O–H groups in total. The van der Waals surface area contributed by atoms with Crippen LogP contribution in [-0.2, 0) is 13.0 Å². The summed E-state index contributed by atoms with van der Waals surface area (Å²) in [6.07, 6.45) is 8.46. The number of benzene rings is 1. The van der Waals surface area contributed by atoms with Gasteiger partial charge in [0.15, 0.2) is 5.82 Å². The van der Waals surface area contributed by atoms with Crippen LogP contribution in [0.15, 0.2) is 55.2 Å². The van der Waals surface area contributed by atoms with Crippen LogP contribution in [0.2, 0.25) is 0 Å². The van der Waals surface area contributed by atoms with Crippen LogP contribution in [0.5, 0.6) is 0 Å². The third kappa shape index (κ3) is 3.81. The molecule has 1 aromatic carbocycles. The molecule has 0 spiro atoms. The number of aromatic nitrogens is 6. The Balaban J connectivity index is 1.45. The van der Waals surface area contributed by atoms with Gasteiger partial charge in [-0.25, -0.2) is 24.0 Å². The standard InChI is InChI=1S/C22H20FN7O/c23-16-7-5-15(6-8-16)21-28-20(18-4-2-1-3-11-29(18)21)22(31)27-17-9-10-19(25-12-17)30-14-24-13-26-30/h5-10,12-14H,1-4,11H2,(H,27,31). The number of anilines is 1. The van der Waals surface area contributed by atoms with Gasteiger partial charge in [-0.05, 0) is 55.7 Å². The van der Waals surface area contributed by atoms with Crippen molar-refractivity contribution in [3.8, 4) is 17.2 Å². The Hall–Kier alpha value is -3.88. The molecule has 1 aliphatic rings. The molecule has 0 saturated heterocycles. The maximum atomic E-state index is 13.4. The highest BCUT2D eigenvalue weighted by molar-refractivity contribution is 6.04. The van der Waals surface area contributed by atoms with Gasteiger partial charge in [-0.1, -0.05) is 6.42 Å². The van der Waals surface area contributed by atoms with E-state index in [1.54, 1.807) is 36.8 Å². The van der Waals surface area contributed by atoms with Gasteiger partial charge in [0.05, 0.1) is 17.6 Å². The van der Waals surface area contributed by atoms with Crippen molar-refractivity contribution < 1.29 is 9.18 Å². The van der Waals surface area contributed by atoms with Gasteiger partial charge in [0.1, 0.15) is 30.0 Å². The summed E-state index contributed by atoms with van der Waals surface area (Å²) in [6, 6.07) is 9.74. The molecule has 0 radical (unpaired) electrons. The number of rotatable bonds is 4. The Morgan fingerprint density at radius 2 is 1.94 bits per heavy atom. The van der Waals surface area contributed by atoms with E-state index in [0.717, 1.165) is 43.5 Å².